The van der Waals surface area contributed by atoms with Crippen molar-refractivity contribution >= 4 is 16.9 Å². The fourth-order valence-corrected chi connectivity index (χ4v) is 3.19. The van der Waals surface area contributed by atoms with Gasteiger partial charge in [-0.3, -0.25) is 9.78 Å². The number of rotatable bonds is 3. The monoisotopic (exact) mass is 284 g/mol. The zero-order valence-corrected chi connectivity index (χ0v) is 12.2. The maximum Gasteiger partial charge on any atom is 0.274 e. The summed E-state index contributed by atoms with van der Waals surface area (Å²) in [6, 6.07) is 7.79. The molecule has 1 aromatic carbocycles. The highest BCUT2D eigenvalue weighted by molar-refractivity contribution is 5.93. The number of aromatic nitrogens is 2. The normalized spacial score (nSPS) is 21.6. The number of fused-ring (bicyclic) bond motifs is 1. The van der Waals surface area contributed by atoms with E-state index in [9.17, 15) is 4.79 Å². The zero-order valence-electron chi connectivity index (χ0n) is 12.2. The number of carbonyl (C=O) groups excluding carboxylic acids is 1. The molecule has 1 aliphatic carbocycles. The van der Waals surface area contributed by atoms with Gasteiger partial charge in [-0.1, -0.05) is 18.6 Å². The number of benzene rings is 1. The average Bonchev–Trinajstić information content (AvgIpc) is 3.01. The molecule has 1 aromatic heterocycles. The van der Waals surface area contributed by atoms with E-state index in [2.05, 4.69) is 9.97 Å². The smallest absolute Gasteiger partial charge is 0.274 e. The summed E-state index contributed by atoms with van der Waals surface area (Å²) in [6.45, 7) is 0.631. The molecule has 5 heteroatoms. The van der Waals surface area contributed by atoms with Crippen molar-refractivity contribution in [2.75, 3.05) is 13.6 Å². The van der Waals surface area contributed by atoms with E-state index in [0.29, 0.717) is 18.2 Å². The van der Waals surface area contributed by atoms with E-state index in [-0.39, 0.29) is 11.9 Å². The molecule has 1 saturated carbocycles. The van der Waals surface area contributed by atoms with Crippen molar-refractivity contribution in [1.82, 2.24) is 14.9 Å². The lowest BCUT2D eigenvalue weighted by Crippen LogP contribution is -2.41. The molecule has 1 aliphatic rings. The highest BCUT2D eigenvalue weighted by Gasteiger charge is 2.32. The molecule has 2 N–H and O–H groups in total. The van der Waals surface area contributed by atoms with Gasteiger partial charge in [-0.15, -0.1) is 0 Å². The number of nitrogens with two attached hydrogens (primary N) is 1. The minimum atomic E-state index is -0.0707. The van der Waals surface area contributed by atoms with Crippen molar-refractivity contribution < 1.29 is 4.79 Å². The Kier molecular flexibility index (Phi) is 3.84. The van der Waals surface area contributed by atoms with Crippen LogP contribution in [0.25, 0.3) is 11.0 Å². The molecule has 110 valence electrons. The minimum Gasteiger partial charge on any atom is -0.337 e. The van der Waals surface area contributed by atoms with Gasteiger partial charge in [0.15, 0.2) is 0 Å². The summed E-state index contributed by atoms with van der Waals surface area (Å²) in [6.07, 6.45) is 4.81. The highest BCUT2D eigenvalue weighted by atomic mass is 16.2. The maximum atomic E-state index is 12.6. The molecule has 0 saturated heterocycles. The third-order valence-electron chi connectivity index (χ3n) is 4.41. The van der Waals surface area contributed by atoms with Crippen LogP contribution in [-0.2, 0) is 0 Å². The van der Waals surface area contributed by atoms with Crippen LogP contribution in [0.5, 0.6) is 0 Å². The summed E-state index contributed by atoms with van der Waals surface area (Å²) in [7, 11) is 1.85. The van der Waals surface area contributed by atoms with Gasteiger partial charge in [0.25, 0.3) is 5.91 Å². The third-order valence-corrected chi connectivity index (χ3v) is 4.41. The summed E-state index contributed by atoms with van der Waals surface area (Å²) in [5.74, 6) is 0.325. The predicted molar refractivity (Wildman–Crippen MR) is 81.8 cm³/mol. The van der Waals surface area contributed by atoms with Crippen molar-refractivity contribution in [2.45, 2.75) is 25.3 Å². The Labute approximate surface area is 124 Å². The molecule has 1 fully saturated rings. The molecule has 2 unspecified atom stereocenters. The number of para-hydroxylation sites is 2. The standard InChI is InChI=1S/C16H20N4O/c1-20(15-8-4-5-11(15)9-17)16(21)14-10-18-12-6-2-3-7-13(12)19-14/h2-3,6-7,10-11,15H,4-5,8-9,17H2,1H3. The van der Waals surface area contributed by atoms with Crippen molar-refractivity contribution in [3.8, 4) is 0 Å². The summed E-state index contributed by atoms with van der Waals surface area (Å²) in [5.41, 5.74) is 7.76. The lowest BCUT2D eigenvalue weighted by atomic mass is 10.0. The largest absolute Gasteiger partial charge is 0.337 e. The summed E-state index contributed by atoms with van der Waals surface area (Å²) in [4.78, 5) is 23.2. The molecule has 2 aromatic rings. The number of nitrogens with zero attached hydrogens (tertiary/aromatic N) is 3. The first-order chi connectivity index (χ1) is 10.2. The number of carbonyl (C=O) groups is 1. The zero-order chi connectivity index (χ0) is 14.8. The predicted octanol–water partition coefficient (Wildman–Crippen LogP) is 1.83. The fourth-order valence-electron chi connectivity index (χ4n) is 3.19. The van der Waals surface area contributed by atoms with Gasteiger partial charge in [0.2, 0.25) is 0 Å². The van der Waals surface area contributed by atoms with Gasteiger partial charge in [-0.25, -0.2) is 4.98 Å². The molecule has 1 heterocycles. The SMILES string of the molecule is CN(C(=O)c1cnc2ccccc2n1)C1CCCC1CN. The Morgan fingerprint density at radius 2 is 2.10 bits per heavy atom. The first-order valence-corrected chi connectivity index (χ1v) is 7.39. The van der Waals surface area contributed by atoms with E-state index in [1.54, 1.807) is 11.1 Å². The van der Waals surface area contributed by atoms with Crippen LogP contribution in [0, 0.1) is 5.92 Å². The topological polar surface area (TPSA) is 72.1 Å². The second-order valence-electron chi connectivity index (χ2n) is 5.65. The van der Waals surface area contributed by atoms with Crippen LogP contribution < -0.4 is 5.73 Å². The Morgan fingerprint density at radius 1 is 1.33 bits per heavy atom. The molecule has 2 atom stereocenters. The van der Waals surface area contributed by atoms with Crippen LogP contribution in [0.4, 0.5) is 0 Å². The Bertz CT molecular complexity index is 658. The second kappa shape index (κ2) is 5.77. The van der Waals surface area contributed by atoms with E-state index in [1.807, 2.05) is 31.3 Å². The lowest BCUT2D eigenvalue weighted by molar-refractivity contribution is 0.0694. The maximum absolute atomic E-state index is 12.6. The quantitative estimate of drug-likeness (QED) is 0.933. The highest BCUT2D eigenvalue weighted by Crippen LogP contribution is 2.29. The van der Waals surface area contributed by atoms with Gasteiger partial charge in [-0.2, -0.15) is 0 Å². The van der Waals surface area contributed by atoms with Gasteiger partial charge in [-0.05, 0) is 37.4 Å². The van der Waals surface area contributed by atoms with Gasteiger partial charge >= 0.3 is 0 Å². The Hall–Kier alpha value is -2.01. The number of amides is 1. The van der Waals surface area contributed by atoms with Crippen LogP contribution in [0.3, 0.4) is 0 Å². The molecule has 0 spiro atoms. The van der Waals surface area contributed by atoms with E-state index in [4.69, 9.17) is 5.73 Å². The number of hydrogen-bond donors (Lipinski definition) is 1. The first kappa shape index (κ1) is 13.9. The molecule has 21 heavy (non-hydrogen) atoms. The molecular weight excluding hydrogens is 264 g/mol. The van der Waals surface area contributed by atoms with Crippen LogP contribution in [0.15, 0.2) is 30.5 Å². The summed E-state index contributed by atoms with van der Waals surface area (Å²) >= 11 is 0. The Morgan fingerprint density at radius 3 is 2.86 bits per heavy atom. The van der Waals surface area contributed by atoms with Gasteiger partial charge in [0.05, 0.1) is 17.2 Å². The molecule has 0 bridgehead atoms. The van der Waals surface area contributed by atoms with Crippen LogP contribution in [-0.4, -0.2) is 40.4 Å². The Balaban J connectivity index is 1.85. The first-order valence-electron chi connectivity index (χ1n) is 7.39. The third kappa shape index (κ3) is 2.61. The molecule has 1 amide bonds. The van der Waals surface area contributed by atoms with Crippen LogP contribution >= 0.6 is 0 Å². The van der Waals surface area contributed by atoms with E-state index in [1.165, 1.54) is 0 Å². The average molecular weight is 284 g/mol. The van der Waals surface area contributed by atoms with Crippen molar-refractivity contribution in [3.63, 3.8) is 0 Å². The summed E-state index contributed by atoms with van der Waals surface area (Å²) < 4.78 is 0. The van der Waals surface area contributed by atoms with Crippen molar-refractivity contribution in [1.29, 1.82) is 0 Å². The van der Waals surface area contributed by atoms with E-state index < -0.39 is 0 Å². The fraction of sp³-hybridized carbons (Fsp3) is 0.438. The molecular formula is C16H20N4O. The molecule has 0 radical (unpaired) electrons. The molecule has 0 aliphatic heterocycles. The van der Waals surface area contributed by atoms with Gasteiger partial charge in [0.1, 0.15) is 5.69 Å². The molecule has 3 rings (SSSR count). The van der Waals surface area contributed by atoms with E-state index in [0.717, 1.165) is 30.3 Å². The summed E-state index contributed by atoms with van der Waals surface area (Å²) in [5, 5.41) is 0. The number of hydrogen-bond acceptors (Lipinski definition) is 4. The van der Waals surface area contributed by atoms with Crippen molar-refractivity contribution in [2.24, 2.45) is 11.7 Å². The van der Waals surface area contributed by atoms with Crippen LogP contribution in [0.2, 0.25) is 0 Å². The van der Waals surface area contributed by atoms with Gasteiger partial charge < -0.3 is 10.6 Å². The van der Waals surface area contributed by atoms with Crippen LogP contribution in [0.1, 0.15) is 29.8 Å². The lowest BCUT2D eigenvalue weighted by Gasteiger charge is -2.28. The minimum absolute atomic E-state index is 0.0707. The molecule has 5 nitrogen and oxygen atoms in total. The van der Waals surface area contributed by atoms with Crippen molar-refractivity contribution in [3.05, 3.63) is 36.2 Å². The van der Waals surface area contributed by atoms with Gasteiger partial charge in [0, 0.05) is 13.1 Å². The second-order valence-corrected chi connectivity index (χ2v) is 5.65. The van der Waals surface area contributed by atoms with E-state index >= 15 is 0 Å².